The van der Waals surface area contributed by atoms with Gasteiger partial charge in [-0.3, -0.25) is 0 Å². The second-order valence-electron chi connectivity index (χ2n) is 21.4. The predicted molar refractivity (Wildman–Crippen MR) is 301 cm³/mol. The molecule has 7 fully saturated rings. The molecule has 7 aliphatic heterocycles. The summed E-state index contributed by atoms with van der Waals surface area (Å²) in [6, 6.07) is 0. The molecular weight excluding hydrogens is 831 g/mol. The summed E-state index contributed by atoms with van der Waals surface area (Å²) in [6.07, 6.45) is 0. The van der Waals surface area contributed by atoms with Crippen molar-refractivity contribution in [3.8, 4) is 0 Å². The summed E-state index contributed by atoms with van der Waals surface area (Å²) in [5, 5.41) is 16.0. The SMILES string of the molecule is CNB1N(C)B(C)N(C)B(N2B3N(C)B(NC)N(C)B(NB4N(C)B(NB5N(C)[B]N(C)B(C)N5C)N(C)B(N4C)N(B4N(C)B(C)N(C)B(C)N4C)B4N(C)B(C)N(C)B2N4C)N3C)N1C. The molecule has 0 aromatic rings. The first-order valence-corrected chi connectivity index (χ1v) is 24.5. The number of fused-ring (bicyclic) bond motifs is 6. The van der Waals surface area contributed by atoms with Crippen LogP contribution in [0.5, 0.6) is 0 Å². The van der Waals surface area contributed by atoms with Crippen LogP contribution in [0.2, 0.25) is 34.1 Å². The molecule has 7 aliphatic rings. The van der Waals surface area contributed by atoms with Gasteiger partial charge in [0, 0.05) is 0 Å². The first-order chi connectivity index (χ1) is 31.3. The highest BCUT2D eigenvalue weighted by atomic mass is 15.6. The van der Waals surface area contributed by atoms with Gasteiger partial charge in [-0.25, -0.2) is 0 Å². The summed E-state index contributed by atoms with van der Waals surface area (Å²) in [7, 11) is 45.5. The van der Waals surface area contributed by atoms with Crippen LogP contribution in [0.3, 0.4) is 0 Å². The summed E-state index contributed by atoms with van der Waals surface area (Å²) in [5.74, 6) is 0. The lowest BCUT2D eigenvalue weighted by atomic mass is 9.37. The summed E-state index contributed by atoms with van der Waals surface area (Å²) in [6.45, 7) is 12.4. The largest absolute Gasteiger partial charge is 0.381 e. The van der Waals surface area contributed by atoms with E-state index in [0.29, 0.717) is 0 Å². The van der Waals surface area contributed by atoms with Crippen LogP contribution >= 0.6 is 0 Å². The molecule has 67 heavy (non-hydrogen) atoms. The smallest absolute Gasteiger partial charge is 0.364 e. The Morgan fingerprint density at radius 2 is 0.612 bits per heavy atom. The van der Waals surface area contributed by atoms with Gasteiger partial charge in [0.05, 0.1) is 0 Å². The van der Waals surface area contributed by atoms with Gasteiger partial charge in [0.2, 0.25) is 0 Å². The normalized spacial score (nSPS) is 27.5. The van der Waals surface area contributed by atoms with Crippen LogP contribution in [0.25, 0.3) is 0 Å². The molecule has 0 atom stereocenters. The molecule has 0 aromatic carbocycles. The lowest BCUT2D eigenvalue weighted by Gasteiger charge is -2.66. The summed E-state index contributed by atoms with van der Waals surface area (Å²) in [5.41, 5.74) is 0. The molecule has 0 spiro atoms. The van der Waals surface area contributed by atoms with Gasteiger partial charge >= 0.3 is 85.4 Å². The molecule has 4 N–H and O–H groups in total. The molecule has 353 valence electrons. The minimum atomic E-state index is -0.233. The Kier molecular flexibility index (Phi) is 17.1. The average molecular weight is 911 g/mol. The van der Waals surface area contributed by atoms with E-state index in [1.165, 1.54) is 0 Å². The van der Waals surface area contributed by atoms with E-state index >= 15 is 0 Å². The minimum Gasteiger partial charge on any atom is -0.364 e. The number of rotatable bonds is 6. The van der Waals surface area contributed by atoms with Crippen molar-refractivity contribution in [1.82, 2.24) is 115 Å². The maximum absolute atomic E-state index is 4.35. The number of hydrogen-bond acceptors (Lipinski definition) is 24. The molecular formula is C25H79B18N24. The zero-order chi connectivity index (χ0) is 49.9. The van der Waals surface area contributed by atoms with Gasteiger partial charge in [-0.15, -0.1) is 0 Å². The fourth-order valence-electron chi connectivity index (χ4n) is 13.3. The first kappa shape index (κ1) is 55.0. The van der Waals surface area contributed by atoms with E-state index in [1.807, 2.05) is 0 Å². The third-order valence-electron chi connectivity index (χ3n) is 18.0. The van der Waals surface area contributed by atoms with Crippen molar-refractivity contribution in [2.75, 3.05) is 141 Å². The van der Waals surface area contributed by atoms with E-state index in [4.69, 9.17) is 0 Å². The lowest BCUT2D eigenvalue weighted by Crippen LogP contribution is -2.98. The monoisotopic (exact) mass is 914 g/mol. The lowest BCUT2D eigenvalue weighted by molar-refractivity contribution is 0.395. The van der Waals surface area contributed by atoms with Crippen molar-refractivity contribution in [3.05, 3.63) is 0 Å². The molecule has 42 heteroatoms. The molecule has 7 heterocycles. The van der Waals surface area contributed by atoms with Crippen LogP contribution in [0, 0.1) is 0 Å². The van der Waals surface area contributed by atoms with Crippen molar-refractivity contribution < 1.29 is 0 Å². The average Bonchev–Trinajstić information content (AvgIpc) is 3.27. The third kappa shape index (κ3) is 8.79. The first-order valence-electron chi connectivity index (χ1n) is 24.5. The summed E-state index contributed by atoms with van der Waals surface area (Å²) >= 11 is 0. The van der Waals surface area contributed by atoms with Crippen LogP contribution < -0.4 is 20.7 Å². The van der Waals surface area contributed by atoms with E-state index in [1.54, 1.807) is 0 Å². The van der Waals surface area contributed by atoms with E-state index in [-0.39, 0.29) is 120 Å². The Bertz CT molecular complexity index is 1680. The molecule has 7 saturated heterocycles. The van der Waals surface area contributed by atoms with Crippen molar-refractivity contribution in [2.45, 2.75) is 34.1 Å². The Labute approximate surface area is 416 Å². The van der Waals surface area contributed by atoms with E-state index in [9.17, 15) is 0 Å². The molecule has 0 unspecified atom stereocenters. The minimum absolute atomic E-state index is 0.00689. The van der Waals surface area contributed by atoms with Crippen LogP contribution in [0.15, 0.2) is 0 Å². The van der Waals surface area contributed by atoms with E-state index in [2.05, 4.69) is 298 Å². The van der Waals surface area contributed by atoms with Gasteiger partial charge in [0.15, 0.2) is 0 Å². The maximum atomic E-state index is 4.35. The molecule has 1 radical (unpaired) electrons. The molecule has 0 aromatic heterocycles. The molecule has 0 aliphatic carbocycles. The maximum Gasteiger partial charge on any atom is 0.381 e. The van der Waals surface area contributed by atoms with E-state index in [0.717, 1.165) is 0 Å². The van der Waals surface area contributed by atoms with Crippen LogP contribution in [0.1, 0.15) is 0 Å². The van der Waals surface area contributed by atoms with Crippen LogP contribution in [-0.2, 0) is 0 Å². The van der Waals surface area contributed by atoms with Crippen molar-refractivity contribution in [2.24, 2.45) is 0 Å². The van der Waals surface area contributed by atoms with Gasteiger partial charge in [0.25, 0.3) is 42.5 Å². The molecule has 6 bridgehead atoms. The fourth-order valence-corrected chi connectivity index (χ4v) is 13.3. The molecule has 0 saturated carbocycles. The Morgan fingerprint density at radius 1 is 0.299 bits per heavy atom. The van der Waals surface area contributed by atoms with Gasteiger partial charge in [-0.05, 0) is 141 Å². The zero-order valence-electron chi connectivity index (χ0n) is 46.3. The standard InChI is InChI=1S/C25H79B18N24/c1-27-48(8)26-49(9)34(51(27)11)46-35-59(19)37-47-36-58(18)33(45-7)61(21)42(63(36)23)67(39-55(15)30(4)52(12)32(44-6)60(39)20)41-57(17)31(5)56(16)40(65(41)25)66(43(62(35)22)64(37)24)38-53(13)28(2)50(10)29(3)54(38)14/h44-47H,1-25H3. The second-order valence-corrected chi connectivity index (χ2v) is 21.4. The van der Waals surface area contributed by atoms with Gasteiger partial charge in [-0.1, -0.05) is 34.1 Å². The third-order valence-corrected chi connectivity index (χ3v) is 18.0. The van der Waals surface area contributed by atoms with Crippen molar-refractivity contribution in [3.63, 3.8) is 0 Å². The quantitative estimate of drug-likeness (QED) is 0.189. The summed E-state index contributed by atoms with van der Waals surface area (Å²) in [4.78, 5) is 0. The summed E-state index contributed by atoms with van der Waals surface area (Å²) < 4.78 is 50.7. The molecule has 24 nitrogen and oxygen atoms in total. The van der Waals surface area contributed by atoms with E-state index < -0.39 is 0 Å². The van der Waals surface area contributed by atoms with Crippen LogP contribution in [0.4, 0.5) is 0 Å². The Balaban J connectivity index is 1.51. The Hall–Kier alpha value is 0.209. The number of nitrogens with zero attached hydrogens (tertiary/aromatic N) is 20. The van der Waals surface area contributed by atoms with Gasteiger partial charge < -0.3 is 115 Å². The number of nitrogens with one attached hydrogen (secondary N) is 4. The highest BCUT2D eigenvalue weighted by Crippen LogP contribution is 2.33. The number of hydrogen-bond donors (Lipinski definition) is 4. The van der Waals surface area contributed by atoms with Gasteiger partial charge in [-0.2, -0.15) is 0 Å². The van der Waals surface area contributed by atoms with Crippen LogP contribution in [-0.4, -0.2) is 363 Å². The predicted octanol–water partition coefficient (Wildman–Crippen LogP) is -8.98. The second kappa shape index (κ2) is 20.8. The topological polar surface area (TPSA) is 113 Å². The highest BCUT2D eigenvalue weighted by molar-refractivity contribution is 7.04. The molecule has 7 rings (SSSR count). The fraction of sp³-hybridized carbons (Fsp3) is 1.00. The zero-order valence-corrected chi connectivity index (χ0v) is 46.3. The van der Waals surface area contributed by atoms with Crippen molar-refractivity contribution >= 4 is 128 Å². The van der Waals surface area contributed by atoms with Crippen molar-refractivity contribution in [1.29, 1.82) is 0 Å². The highest BCUT2D eigenvalue weighted by Gasteiger charge is 2.69. The molecule has 0 amide bonds. The Morgan fingerprint density at radius 3 is 1.04 bits per heavy atom. The van der Waals surface area contributed by atoms with Gasteiger partial charge in [0.1, 0.15) is 0 Å².